The summed E-state index contributed by atoms with van der Waals surface area (Å²) in [6.45, 7) is 4.89. The lowest BCUT2D eigenvalue weighted by atomic mass is 10.1. The minimum Gasteiger partial charge on any atom is -0.396 e. The number of aliphatic hydroxyl groups excluding tert-OH is 1. The summed E-state index contributed by atoms with van der Waals surface area (Å²) in [4.78, 5) is 0. The Hall–Kier alpha value is -0.160. The summed E-state index contributed by atoms with van der Waals surface area (Å²) >= 11 is 0. The number of ether oxygens (including phenoxy) is 2. The molecule has 0 aromatic carbocycles. The summed E-state index contributed by atoms with van der Waals surface area (Å²) in [6.07, 6.45) is 0. The summed E-state index contributed by atoms with van der Waals surface area (Å²) in [6, 6.07) is 0. The Kier molecular flexibility index (Phi) is 1.96. The van der Waals surface area contributed by atoms with Crippen molar-refractivity contribution in [2.75, 3.05) is 6.61 Å². The van der Waals surface area contributed by atoms with Crippen LogP contribution in [0.4, 0.5) is 0 Å². The van der Waals surface area contributed by atoms with Crippen LogP contribution < -0.4 is 0 Å². The second-order valence-corrected chi connectivity index (χ2v) is 3.32. The Bertz CT molecular complexity index is 147. The fourth-order valence-electron chi connectivity index (χ4n) is 1.03. The van der Waals surface area contributed by atoms with Crippen molar-refractivity contribution in [3.8, 4) is 0 Å². The summed E-state index contributed by atoms with van der Waals surface area (Å²) in [5.74, 6) is -2.73. The zero-order chi connectivity index (χ0) is 8.70. The van der Waals surface area contributed by atoms with Crippen molar-refractivity contribution in [2.45, 2.75) is 32.5 Å². The molecule has 0 spiro atoms. The molecule has 0 aromatic rings. The van der Waals surface area contributed by atoms with Crippen molar-refractivity contribution in [1.29, 1.82) is 0 Å². The van der Waals surface area contributed by atoms with Gasteiger partial charge in [0.2, 0.25) is 0 Å². The number of rotatable bonds is 2. The molecule has 1 rings (SSSR count). The molecular formula is C7H14O4. The normalized spacial score (nSPS) is 29.2. The van der Waals surface area contributed by atoms with Crippen LogP contribution in [0.2, 0.25) is 0 Å². The number of hydrogen-bond acceptors (Lipinski definition) is 4. The molecule has 1 unspecified atom stereocenters. The van der Waals surface area contributed by atoms with Crippen LogP contribution >= 0.6 is 0 Å². The monoisotopic (exact) mass is 162 g/mol. The second kappa shape index (κ2) is 2.42. The Balaban J connectivity index is 2.49. The van der Waals surface area contributed by atoms with Crippen LogP contribution in [0.5, 0.6) is 0 Å². The van der Waals surface area contributed by atoms with Gasteiger partial charge in [-0.3, -0.25) is 9.47 Å². The van der Waals surface area contributed by atoms with Gasteiger partial charge >= 0.3 is 0 Å². The molecule has 0 amide bonds. The maximum absolute atomic E-state index is 9.41. The first kappa shape index (κ1) is 8.93. The van der Waals surface area contributed by atoms with E-state index >= 15 is 0 Å². The van der Waals surface area contributed by atoms with Gasteiger partial charge in [0.1, 0.15) is 0 Å². The van der Waals surface area contributed by atoms with Crippen LogP contribution in [0.25, 0.3) is 0 Å². The predicted octanol–water partition coefficient (Wildman–Crippen LogP) is 0.0438. The van der Waals surface area contributed by atoms with Gasteiger partial charge in [-0.05, 0) is 13.8 Å². The SMILES string of the molecule is CC(CO)C1(O)OC(C)(C)O1. The van der Waals surface area contributed by atoms with Crippen molar-refractivity contribution in [1.82, 2.24) is 0 Å². The highest BCUT2D eigenvalue weighted by molar-refractivity contribution is 4.77. The molecule has 1 aliphatic rings. The molecular weight excluding hydrogens is 148 g/mol. The first-order valence-corrected chi connectivity index (χ1v) is 3.63. The second-order valence-electron chi connectivity index (χ2n) is 3.32. The Morgan fingerprint density at radius 3 is 2.09 bits per heavy atom. The van der Waals surface area contributed by atoms with E-state index in [0.717, 1.165) is 0 Å². The fourth-order valence-corrected chi connectivity index (χ4v) is 1.03. The van der Waals surface area contributed by atoms with Gasteiger partial charge in [0, 0.05) is 0 Å². The summed E-state index contributed by atoms with van der Waals surface area (Å²) < 4.78 is 10.1. The maximum atomic E-state index is 9.41. The standard InChI is InChI=1S/C7H14O4/c1-5(4-8)7(9)10-6(2,3)11-7/h5,8-9H,4H2,1-3H3. The van der Waals surface area contributed by atoms with E-state index in [1.807, 2.05) is 0 Å². The van der Waals surface area contributed by atoms with E-state index in [2.05, 4.69) is 0 Å². The molecule has 4 nitrogen and oxygen atoms in total. The topological polar surface area (TPSA) is 58.9 Å². The van der Waals surface area contributed by atoms with Crippen LogP contribution in [0, 0.1) is 5.92 Å². The highest BCUT2D eigenvalue weighted by Gasteiger charge is 2.54. The molecule has 0 radical (unpaired) electrons. The van der Waals surface area contributed by atoms with Gasteiger partial charge in [-0.25, -0.2) is 0 Å². The molecule has 1 heterocycles. The minimum absolute atomic E-state index is 0.160. The fraction of sp³-hybridized carbons (Fsp3) is 1.00. The first-order chi connectivity index (χ1) is 4.90. The molecule has 1 fully saturated rings. The Morgan fingerprint density at radius 1 is 1.36 bits per heavy atom. The first-order valence-electron chi connectivity index (χ1n) is 3.63. The molecule has 0 bridgehead atoms. The predicted molar refractivity (Wildman–Crippen MR) is 37.4 cm³/mol. The molecule has 0 saturated carbocycles. The van der Waals surface area contributed by atoms with E-state index < -0.39 is 17.7 Å². The molecule has 4 heteroatoms. The minimum atomic E-state index is -1.59. The van der Waals surface area contributed by atoms with Crippen LogP contribution in [-0.2, 0) is 9.47 Å². The molecule has 0 aromatic heterocycles. The lowest BCUT2D eigenvalue weighted by Gasteiger charge is -2.51. The summed E-state index contributed by atoms with van der Waals surface area (Å²) in [5, 5.41) is 18.1. The van der Waals surface area contributed by atoms with Gasteiger partial charge in [-0.2, -0.15) is 0 Å². The van der Waals surface area contributed by atoms with E-state index in [1.165, 1.54) is 0 Å². The number of hydrogen-bond donors (Lipinski definition) is 2. The van der Waals surface area contributed by atoms with Crippen molar-refractivity contribution in [3.63, 3.8) is 0 Å². The molecule has 11 heavy (non-hydrogen) atoms. The highest BCUT2D eigenvalue weighted by atomic mass is 17.0. The smallest absolute Gasteiger partial charge is 0.290 e. The van der Waals surface area contributed by atoms with E-state index in [-0.39, 0.29) is 6.61 Å². The van der Waals surface area contributed by atoms with Crippen LogP contribution in [-0.4, -0.2) is 28.6 Å². The lowest BCUT2D eigenvalue weighted by Crippen LogP contribution is -2.63. The van der Waals surface area contributed by atoms with Gasteiger partial charge in [0.15, 0.2) is 5.79 Å². The average molecular weight is 162 g/mol. The molecule has 0 aliphatic carbocycles. The maximum Gasteiger partial charge on any atom is 0.290 e. The lowest BCUT2D eigenvalue weighted by molar-refractivity contribution is -0.583. The molecule has 1 atom stereocenters. The van der Waals surface area contributed by atoms with Crippen LogP contribution in [0.15, 0.2) is 0 Å². The van der Waals surface area contributed by atoms with E-state index in [9.17, 15) is 5.11 Å². The molecule has 1 saturated heterocycles. The van der Waals surface area contributed by atoms with Gasteiger partial charge < -0.3 is 10.2 Å². The largest absolute Gasteiger partial charge is 0.396 e. The Morgan fingerprint density at radius 2 is 1.82 bits per heavy atom. The van der Waals surface area contributed by atoms with Crippen molar-refractivity contribution < 1.29 is 19.7 Å². The highest BCUT2D eigenvalue weighted by Crippen LogP contribution is 2.40. The van der Waals surface area contributed by atoms with Crippen molar-refractivity contribution in [2.24, 2.45) is 5.92 Å². The van der Waals surface area contributed by atoms with Crippen molar-refractivity contribution in [3.05, 3.63) is 0 Å². The van der Waals surface area contributed by atoms with Gasteiger partial charge in [-0.15, -0.1) is 0 Å². The quantitative estimate of drug-likeness (QED) is 0.602. The summed E-state index contributed by atoms with van der Waals surface area (Å²) in [5.41, 5.74) is 0. The third kappa shape index (κ3) is 1.54. The van der Waals surface area contributed by atoms with Crippen molar-refractivity contribution >= 4 is 0 Å². The molecule has 1 aliphatic heterocycles. The van der Waals surface area contributed by atoms with Crippen LogP contribution in [0.3, 0.4) is 0 Å². The zero-order valence-electron chi connectivity index (χ0n) is 7.00. The van der Waals surface area contributed by atoms with Gasteiger partial charge in [0.25, 0.3) is 5.97 Å². The Labute approximate surface area is 65.7 Å². The van der Waals surface area contributed by atoms with E-state index in [0.29, 0.717) is 0 Å². The molecule has 66 valence electrons. The molecule has 2 N–H and O–H groups in total. The average Bonchev–Trinajstić information content (AvgIpc) is 1.81. The van der Waals surface area contributed by atoms with Crippen LogP contribution in [0.1, 0.15) is 20.8 Å². The third-order valence-corrected chi connectivity index (χ3v) is 1.68. The third-order valence-electron chi connectivity index (χ3n) is 1.68. The summed E-state index contributed by atoms with van der Waals surface area (Å²) in [7, 11) is 0. The van der Waals surface area contributed by atoms with E-state index in [1.54, 1.807) is 20.8 Å². The van der Waals surface area contributed by atoms with Gasteiger partial charge in [-0.1, -0.05) is 6.92 Å². The van der Waals surface area contributed by atoms with E-state index in [4.69, 9.17) is 14.6 Å². The van der Waals surface area contributed by atoms with Gasteiger partial charge in [0.05, 0.1) is 12.5 Å². The zero-order valence-corrected chi connectivity index (χ0v) is 7.00. The number of aliphatic hydroxyl groups is 2.